The van der Waals surface area contributed by atoms with Crippen LogP contribution in [-0.2, 0) is 17.7 Å². The van der Waals surface area contributed by atoms with Crippen LogP contribution in [0.25, 0.3) is 0 Å². The predicted octanol–water partition coefficient (Wildman–Crippen LogP) is -3.81. The van der Waals surface area contributed by atoms with Crippen molar-refractivity contribution in [2.24, 2.45) is 0 Å². The summed E-state index contributed by atoms with van der Waals surface area (Å²) in [7, 11) is 0. The zero-order chi connectivity index (χ0) is 9.19. The van der Waals surface area contributed by atoms with Gasteiger partial charge in [0.25, 0.3) is 0 Å². The second-order valence-electron chi connectivity index (χ2n) is 4.18. The van der Waals surface area contributed by atoms with E-state index in [1.165, 1.54) is 0 Å². The zero-order valence-corrected chi connectivity index (χ0v) is 12.0. The molecule has 0 atom stereocenters. The summed E-state index contributed by atoms with van der Waals surface area (Å²) in [6.07, 6.45) is 7.69. The fraction of sp³-hybridized carbons (Fsp3) is 0.500. The van der Waals surface area contributed by atoms with Crippen molar-refractivity contribution < 1.29 is 42.5 Å². The first kappa shape index (κ1) is 17.0. The van der Waals surface area contributed by atoms with E-state index < -0.39 is 17.7 Å². The Morgan fingerprint density at radius 2 is 1.93 bits per heavy atom. The van der Waals surface area contributed by atoms with Crippen LogP contribution in [0.15, 0.2) is 22.1 Å². The van der Waals surface area contributed by atoms with E-state index >= 15 is 0 Å². The van der Waals surface area contributed by atoms with Crippen molar-refractivity contribution in [2.45, 2.75) is 32.7 Å². The number of nitrogens with one attached hydrogen (secondary N) is 1. The molecule has 0 amide bonds. The smallest absolute Gasteiger partial charge is 1.00 e. The van der Waals surface area contributed by atoms with Crippen LogP contribution in [0.2, 0.25) is 0 Å². The maximum atomic E-state index is 4.25. The minimum Gasteiger partial charge on any atom is -1.00 e. The van der Waals surface area contributed by atoms with Gasteiger partial charge in [-0.25, -0.2) is 0 Å². The van der Waals surface area contributed by atoms with Gasteiger partial charge in [0.15, 0.2) is 0 Å². The molecular formula is C10H17Cl2NTi. The third-order valence-corrected chi connectivity index (χ3v) is 5.12. The van der Waals surface area contributed by atoms with Crippen LogP contribution in [-0.4, -0.2) is 10.4 Å². The Morgan fingerprint density at radius 1 is 1.36 bits per heavy atom. The van der Waals surface area contributed by atoms with Gasteiger partial charge >= 0.3 is 81.1 Å². The van der Waals surface area contributed by atoms with Crippen molar-refractivity contribution >= 4 is 4.82 Å². The molecule has 14 heavy (non-hydrogen) atoms. The summed E-state index contributed by atoms with van der Waals surface area (Å²) in [5.74, 6) is 0. The number of hydrogen-bond acceptors (Lipinski definition) is 1. The molecule has 1 nitrogen and oxygen atoms in total. The first-order valence-electron chi connectivity index (χ1n) is 4.32. The average Bonchev–Trinajstić information content (AvgIpc) is 2.32. The third-order valence-electron chi connectivity index (χ3n) is 1.68. The van der Waals surface area contributed by atoms with Gasteiger partial charge in [-0.05, 0) is 0 Å². The summed E-state index contributed by atoms with van der Waals surface area (Å²) in [6, 6.07) is 0. The summed E-state index contributed by atoms with van der Waals surface area (Å²) in [6.45, 7) is 6.61. The fourth-order valence-electron chi connectivity index (χ4n) is 1.20. The number of hydrogen-bond donors (Lipinski definition) is 1. The Morgan fingerprint density at radius 3 is 2.29 bits per heavy atom. The van der Waals surface area contributed by atoms with Gasteiger partial charge < -0.3 is 24.8 Å². The molecule has 0 saturated heterocycles. The second kappa shape index (κ2) is 6.97. The first-order chi connectivity index (χ1) is 5.49. The Hall–Kier alpha value is 0.604. The third kappa shape index (κ3) is 6.16. The van der Waals surface area contributed by atoms with Gasteiger partial charge in [-0.2, -0.15) is 0 Å². The van der Waals surface area contributed by atoms with Gasteiger partial charge in [0.1, 0.15) is 0 Å². The summed E-state index contributed by atoms with van der Waals surface area (Å²) in [4.78, 5) is 4.25. The van der Waals surface area contributed by atoms with E-state index in [4.69, 9.17) is 0 Å². The van der Waals surface area contributed by atoms with Gasteiger partial charge in [-0.1, -0.05) is 0 Å². The van der Waals surface area contributed by atoms with Crippen molar-refractivity contribution in [1.29, 1.82) is 0 Å². The molecule has 0 spiro atoms. The van der Waals surface area contributed by atoms with Gasteiger partial charge in [0, 0.05) is 0 Å². The molecule has 0 heterocycles. The van der Waals surface area contributed by atoms with E-state index in [9.17, 15) is 0 Å². The topological polar surface area (TPSA) is 12.0 Å². The Kier molecular flexibility index (Phi) is 8.48. The van der Waals surface area contributed by atoms with Crippen LogP contribution in [0.3, 0.4) is 0 Å². The molecule has 0 fully saturated rings. The van der Waals surface area contributed by atoms with Crippen LogP contribution < -0.4 is 28.6 Å². The molecule has 0 unspecified atom stereocenters. The quantitative estimate of drug-likeness (QED) is 0.507. The van der Waals surface area contributed by atoms with E-state index in [0.29, 0.717) is 0 Å². The molecule has 1 rings (SSSR count). The van der Waals surface area contributed by atoms with Crippen molar-refractivity contribution in [3.63, 3.8) is 0 Å². The standard InChI is InChI=1S/C5H5.C4H10N.CH2.2ClH.Ti/c1-2-4-5-3-1;1-4(2,3)5;;;;/h1-3H,4H2;5H,1-3H3;1H2;2*1H;/q;-1;;;;+3/p-2. The number of halogens is 2. The van der Waals surface area contributed by atoms with Gasteiger partial charge in [-0.15, -0.1) is 0 Å². The van der Waals surface area contributed by atoms with Crippen LogP contribution >= 0.6 is 0 Å². The minimum atomic E-state index is -1.35. The van der Waals surface area contributed by atoms with E-state index in [1.54, 1.807) is 3.88 Å². The van der Waals surface area contributed by atoms with Crippen molar-refractivity contribution in [3.05, 3.63) is 22.1 Å². The molecule has 0 aromatic rings. The van der Waals surface area contributed by atoms with Crippen molar-refractivity contribution in [3.8, 4) is 0 Å². The van der Waals surface area contributed by atoms with Crippen molar-refractivity contribution in [1.82, 2.24) is 3.80 Å². The van der Waals surface area contributed by atoms with Crippen LogP contribution in [0.1, 0.15) is 27.2 Å². The van der Waals surface area contributed by atoms with Gasteiger partial charge in [0.2, 0.25) is 0 Å². The Bertz CT molecular complexity index is 251. The van der Waals surface area contributed by atoms with E-state index in [0.717, 1.165) is 6.42 Å². The molecule has 0 aromatic carbocycles. The molecular weight excluding hydrogens is 253 g/mol. The normalized spacial score (nSPS) is 13.4. The molecule has 0 radical (unpaired) electrons. The van der Waals surface area contributed by atoms with Gasteiger partial charge in [-0.3, -0.25) is 0 Å². The van der Waals surface area contributed by atoms with Crippen LogP contribution in [0.5, 0.6) is 0 Å². The number of rotatable bonds is 2. The molecule has 4 heteroatoms. The van der Waals surface area contributed by atoms with Gasteiger partial charge in [0.05, 0.1) is 0 Å². The summed E-state index contributed by atoms with van der Waals surface area (Å²) in [5, 5.41) is 0. The predicted molar refractivity (Wildman–Crippen MR) is 51.8 cm³/mol. The Labute approximate surface area is 106 Å². The molecule has 1 aliphatic rings. The first-order valence-corrected chi connectivity index (χ1v) is 6.99. The summed E-state index contributed by atoms with van der Waals surface area (Å²) >= 11 is -1.35. The second-order valence-corrected chi connectivity index (χ2v) is 7.07. The molecule has 0 aromatic heterocycles. The molecule has 1 aliphatic carbocycles. The maximum Gasteiger partial charge on any atom is -1.00 e. The molecule has 80 valence electrons. The number of allylic oxidation sites excluding steroid dienone is 4. The molecule has 1 N–H and O–H groups in total. The van der Waals surface area contributed by atoms with E-state index in [2.05, 4.69) is 47.6 Å². The van der Waals surface area contributed by atoms with Crippen LogP contribution in [0, 0.1) is 0 Å². The van der Waals surface area contributed by atoms with E-state index in [1.807, 2.05) is 0 Å². The molecule has 0 bridgehead atoms. The van der Waals surface area contributed by atoms with Crippen molar-refractivity contribution in [2.75, 3.05) is 0 Å². The monoisotopic (exact) mass is 269 g/mol. The molecule has 0 aliphatic heterocycles. The maximum absolute atomic E-state index is 4.25. The average molecular weight is 270 g/mol. The SMILES string of the molecule is [CH2]=[Ti+2]([NH]C(C)(C)C)[C]1=CC=CC1.[Cl-].[Cl-]. The minimum absolute atomic E-state index is 0. The Balaban J connectivity index is 0. The van der Waals surface area contributed by atoms with E-state index in [-0.39, 0.29) is 30.4 Å². The zero-order valence-electron chi connectivity index (χ0n) is 8.90. The van der Waals surface area contributed by atoms with Crippen LogP contribution in [0.4, 0.5) is 0 Å². The summed E-state index contributed by atoms with van der Waals surface area (Å²) < 4.78 is 5.15. The fourth-order valence-corrected chi connectivity index (χ4v) is 3.90. The molecule has 0 saturated carbocycles. The summed E-state index contributed by atoms with van der Waals surface area (Å²) in [5.41, 5.74) is 0.223. The largest absolute Gasteiger partial charge is 1.00 e.